The van der Waals surface area contributed by atoms with Crippen molar-refractivity contribution in [3.63, 3.8) is 0 Å². The fourth-order valence-corrected chi connectivity index (χ4v) is 3.63. The van der Waals surface area contributed by atoms with Crippen molar-refractivity contribution < 1.29 is 9.47 Å². The number of benzene rings is 4. The van der Waals surface area contributed by atoms with E-state index >= 15 is 0 Å². The smallest absolute Gasteiger partial charge is 0.286 e. The van der Waals surface area contributed by atoms with Gasteiger partial charge in [-0.05, 0) is 35.4 Å². The van der Waals surface area contributed by atoms with Crippen LogP contribution < -0.4 is 14.9 Å². The van der Waals surface area contributed by atoms with E-state index < -0.39 is 0 Å². The molecule has 0 bridgehead atoms. The normalized spacial score (nSPS) is 10.6. The molecule has 0 saturated carbocycles. The van der Waals surface area contributed by atoms with Crippen LogP contribution >= 0.6 is 0 Å². The van der Waals surface area contributed by atoms with Crippen molar-refractivity contribution in [3.8, 4) is 34.4 Å². The molecule has 0 unspecified atom stereocenters. The fourth-order valence-electron chi connectivity index (χ4n) is 3.63. The Morgan fingerprint density at radius 2 is 1.12 bits per heavy atom. The molecule has 0 fully saturated rings. The lowest BCUT2D eigenvalue weighted by atomic mass is 10.1. The van der Waals surface area contributed by atoms with Gasteiger partial charge in [-0.25, -0.2) is 4.68 Å². The minimum Gasteiger partial charge on any atom is -0.439 e. The quantitative estimate of drug-likeness (QED) is 0.285. The molecule has 0 amide bonds. The highest BCUT2D eigenvalue weighted by atomic mass is 16.5. The Morgan fingerprint density at radius 3 is 1.71 bits per heavy atom. The second-order valence-electron chi connectivity index (χ2n) is 7.65. The van der Waals surface area contributed by atoms with Crippen molar-refractivity contribution in [2.75, 3.05) is 0 Å². The molecule has 0 spiro atoms. The topological polar surface area (TPSA) is 53.3 Å². The summed E-state index contributed by atoms with van der Waals surface area (Å²) in [7, 11) is 0. The first-order valence-electron chi connectivity index (χ1n) is 11.0. The molecule has 1 heterocycles. The van der Waals surface area contributed by atoms with Gasteiger partial charge in [-0.2, -0.15) is 0 Å². The first-order valence-corrected chi connectivity index (χ1v) is 11.0. The van der Waals surface area contributed by atoms with Crippen molar-refractivity contribution in [2.45, 2.75) is 6.54 Å². The second kappa shape index (κ2) is 9.88. The maximum Gasteiger partial charge on any atom is 0.286 e. The Bertz CT molecular complexity index is 1420. The Kier molecular flexibility index (Phi) is 6.16. The predicted octanol–water partition coefficient (Wildman–Crippen LogP) is 6.54. The lowest BCUT2D eigenvalue weighted by molar-refractivity contribution is 0.382. The molecule has 166 valence electrons. The summed E-state index contributed by atoms with van der Waals surface area (Å²) in [5, 5.41) is 4.60. The van der Waals surface area contributed by atoms with E-state index in [4.69, 9.17) is 9.47 Å². The van der Waals surface area contributed by atoms with Crippen LogP contribution in [0.1, 0.15) is 5.56 Å². The first-order chi connectivity index (χ1) is 16.8. The molecule has 5 heteroatoms. The van der Waals surface area contributed by atoms with Crippen LogP contribution in [0.15, 0.2) is 126 Å². The number of rotatable bonds is 7. The third-order valence-corrected chi connectivity index (χ3v) is 5.23. The van der Waals surface area contributed by atoms with Gasteiger partial charge in [0.2, 0.25) is 5.88 Å². The van der Waals surface area contributed by atoms with Crippen molar-refractivity contribution in [1.29, 1.82) is 0 Å². The summed E-state index contributed by atoms with van der Waals surface area (Å²) in [6.45, 7) is 0.397. The van der Waals surface area contributed by atoms with Crippen LogP contribution in [0.5, 0.6) is 23.3 Å². The van der Waals surface area contributed by atoms with Crippen LogP contribution in [0.4, 0.5) is 0 Å². The van der Waals surface area contributed by atoms with Crippen molar-refractivity contribution in [3.05, 3.63) is 137 Å². The van der Waals surface area contributed by atoms with Crippen LogP contribution in [0.3, 0.4) is 0 Å². The van der Waals surface area contributed by atoms with Crippen molar-refractivity contribution in [2.24, 2.45) is 0 Å². The maximum absolute atomic E-state index is 13.7. The van der Waals surface area contributed by atoms with Crippen LogP contribution in [-0.4, -0.2) is 9.78 Å². The average Bonchev–Trinajstić information content (AvgIpc) is 2.89. The van der Waals surface area contributed by atoms with Gasteiger partial charge in [0.1, 0.15) is 11.5 Å². The molecule has 5 nitrogen and oxygen atoms in total. The highest BCUT2D eigenvalue weighted by molar-refractivity contribution is 5.70. The first kappa shape index (κ1) is 21.2. The maximum atomic E-state index is 13.7. The molecule has 4 aromatic carbocycles. The van der Waals surface area contributed by atoms with Crippen molar-refractivity contribution >= 4 is 0 Å². The summed E-state index contributed by atoms with van der Waals surface area (Å²) in [5.74, 6) is 1.49. The average molecular weight is 447 g/mol. The number of nitrogens with zero attached hydrogens (tertiary/aromatic N) is 2. The molecule has 0 atom stereocenters. The minimum absolute atomic E-state index is 0.0126. The molecule has 1 aromatic heterocycles. The van der Waals surface area contributed by atoms with E-state index in [0.29, 0.717) is 29.5 Å². The molecule has 5 rings (SSSR count). The van der Waals surface area contributed by atoms with Crippen LogP contribution in [0.2, 0.25) is 0 Å². The number of para-hydroxylation sites is 2. The van der Waals surface area contributed by atoms with Gasteiger partial charge in [0.05, 0.1) is 12.1 Å². The zero-order valence-electron chi connectivity index (χ0n) is 18.4. The zero-order valence-corrected chi connectivity index (χ0v) is 18.4. The summed E-state index contributed by atoms with van der Waals surface area (Å²) in [5.41, 5.74) is 1.79. The summed E-state index contributed by atoms with van der Waals surface area (Å²) in [6, 6.07) is 37.9. The summed E-state index contributed by atoms with van der Waals surface area (Å²) in [4.78, 5) is 13.7. The van der Waals surface area contributed by atoms with E-state index in [1.165, 1.54) is 0 Å². The third kappa shape index (κ3) is 4.74. The minimum atomic E-state index is -0.342. The second-order valence-corrected chi connectivity index (χ2v) is 7.65. The monoisotopic (exact) mass is 446 g/mol. The summed E-state index contributed by atoms with van der Waals surface area (Å²) in [6.07, 6.45) is 0. The summed E-state index contributed by atoms with van der Waals surface area (Å²) < 4.78 is 13.9. The molecule has 0 saturated heterocycles. The standard InChI is InChI=1S/C29H22N2O3/c32-27-26(23-15-7-2-8-16-23)29(34-25-19-11-4-12-20-25)31(21-22-13-5-1-6-14-22)30-28(27)33-24-17-9-3-10-18-24/h1-20H,21H2. The molecule has 0 N–H and O–H groups in total. The van der Waals surface area contributed by atoms with Crippen LogP contribution in [-0.2, 0) is 6.54 Å². The lowest BCUT2D eigenvalue weighted by Gasteiger charge is -2.18. The Balaban J connectivity index is 1.72. The Hall–Kier alpha value is -4.64. The lowest BCUT2D eigenvalue weighted by Crippen LogP contribution is -2.20. The largest absolute Gasteiger partial charge is 0.439 e. The van der Waals surface area contributed by atoms with Gasteiger partial charge in [-0.3, -0.25) is 4.79 Å². The van der Waals surface area contributed by atoms with E-state index in [-0.39, 0.29) is 11.3 Å². The van der Waals surface area contributed by atoms with Gasteiger partial charge < -0.3 is 9.47 Å². The highest BCUT2D eigenvalue weighted by Gasteiger charge is 2.22. The van der Waals surface area contributed by atoms with Gasteiger partial charge in [-0.1, -0.05) is 97.1 Å². The molecular formula is C29H22N2O3. The van der Waals surface area contributed by atoms with Gasteiger partial charge in [-0.15, -0.1) is 5.10 Å². The number of ether oxygens (including phenoxy) is 2. The fraction of sp³-hybridized carbons (Fsp3) is 0.0345. The number of aromatic nitrogens is 2. The van der Waals surface area contributed by atoms with E-state index in [9.17, 15) is 4.79 Å². The molecule has 0 aliphatic carbocycles. The van der Waals surface area contributed by atoms with Gasteiger partial charge >= 0.3 is 0 Å². The Morgan fingerprint density at radius 1 is 0.618 bits per heavy atom. The number of hydrogen-bond donors (Lipinski definition) is 0. The highest BCUT2D eigenvalue weighted by Crippen LogP contribution is 2.33. The Labute approximate surface area is 197 Å². The van der Waals surface area contributed by atoms with Gasteiger partial charge in [0.15, 0.2) is 0 Å². The van der Waals surface area contributed by atoms with Crippen LogP contribution in [0.25, 0.3) is 11.1 Å². The van der Waals surface area contributed by atoms with E-state index in [1.807, 2.05) is 109 Å². The van der Waals surface area contributed by atoms with Gasteiger partial charge in [0, 0.05) is 0 Å². The molecular weight excluding hydrogens is 424 g/mol. The van der Waals surface area contributed by atoms with E-state index in [0.717, 1.165) is 11.1 Å². The molecule has 0 aliphatic rings. The molecule has 5 aromatic rings. The predicted molar refractivity (Wildman–Crippen MR) is 133 cm³/mol. The SMILES string of the molecule is O=c1c(Oc2ccccc2)nn(Cc2ccccc2)c(Oc2ccccc2)c1-c1ccccc1. The molecule has 0 aliphatic heterocycles. The van der Waals surface area contributed by atoms with E-state index in [2.05, 4.69) is 5.10 Å². The molecule has 0 radical (unpaired) electrons. The van der Waals surface area contributed by atoms with E-state index in [1.54, 1.807) is 16.8 Å². The zero-order chi connectivity index (χ0) is 23.2. The number of hydrogen-bond acceptors (Lipinski definition) is 4. The third-order valence-electron chi connectivity index (χ3n) is 5.23. The molecule has 34 heavy (non-hydrogen) atoms. The van der Waals surface area contributed by atoms with Crippen LogP contribution in [0, 0.1) is 0 Å². The summed E-state index contributed by atoms with van der Waals surface area (Å²) >= 11 is 0. The van der Waals surface area contributed by atoms with Gasteiger partial charge in [0.25, 0.3) is 11.3 Å². The van der Waals surface area contributed by atoms with Crippen molar-refractivity contribution in [1.82, 2.24) is 9.78 Å².